The highest BCUT2D eigenvalue weighted by atomic mass is 15.2. The molecule has 6 rings (SSSR count). The quantitative estimate of drug-likeness (QED) is 0.269. The summed E-state index contributed by atoms with van der Waals surface area (Å²) in [6, 6.07) is 14.9. The van der Waals surface area contributed by atoms with Crippen LogP contribution in [0.1, 0.15) is 50.3 Å². The predicted molar refractivity (Wildman–Crippen MR) is 166 cm³/mol. The maximum Gasteiger partial charge on any atom is 0.143 e. The number of nitrogens with two attached hydrogens (primary N) is 1. The van der Waals surface area contributed by atoms with Crippen LogP contribution in [0.15, 0.2) is 61.6 Å². The zero-order chi connectivity index (χ0) is 27.9. The summed E-state index contributed by atoms with van der Waals surface area (Å²) in [6.45, 7) is 12.0. The standard InChI is InChI=1S/C31H37N7.CH5N/c1-22-7-6-16-38(19-22)31-27-18-29(36-30(27)33-21-34-31)25-8-10-26(11-9-25)35-23(2)28-17-24(12-13-32-28)20-37-14-4-3-5-15-37;1-2/h8-13,17-18,21-22,35H,2-7,14-16,19-20H2,1H3,(H,33,34,36);2H2,1H3. The van der Waals surface area contributed by atoms with E-state index in [9.17, 15) is 0 Å². The molecule has 0 saturated carbocycles. The highest BCUT2D eigenvalue weighted by Gasteiger charge is 2.21. The van der Waals surface area contributed by atoms with E-state index in [1.807, 2.05) is 6.20 Å². The smallest absolute Gasteiger partial charge is 0.143 e. The van der Waals surface area contributed by atoms with Crippen LogP contribution in [-0.4, -0.2) is 58.1 Å². The number of fused-ring (bicyclic) bond motifs is 1. The van der Waals surface area contributed by atoms with Gasteiger partial charge in [0, 0.05) is 37.2 Å². The number of hydrogen-bond acceptors (Lipinski definition) is 7. The van der Waals surface area contributed by atoms with Crippen molar-refractivity contribution in [2.75, 3.05) is 43.4 Å². The van der Waals surface area contributed by atoms with E-state index in [0.29, 0.717) is 5.92 Å². The van der Waals surface area contributed by atoms with Gasteiger partial charge in [0.05, 0.1) is 16.8 Å². The zero-order valence-electron chi connectivity index (χ0n) is 23.9. The third-order valence-electron chi connectivity index (χ3n) is 7.84. The normalized spacial score (nSPS) is 17.8. The summed E-state index contributed by atoms with van der Waals surface area (Å²) in [5.74, 6) is 1.72. The number of benzene rings is 1. The molecule has 0 radical (unpaired) electrons. The number of aromatic nitrogens is 4. The van der Waals surface area contributed by atoms with Crippen molar-refractivity contribution in [2.45, 2.75) is 45.6 Å². The van der Waals surface area contributed by atoms with Crippen LogP contribution in [0.25, 0.3) is 28.0 Å². The molecular weight excluding hydrogens is 496 g/mol. The van der Waals surface area contributed by atoms with Gasteiger partial charge in [-0.15, -0.1) is 0 Å². The van der Waals surface area contributed by atoms with Gasteiger partial charge in [-0.3, -0.25) is 9.88 Å². The Kier molecular flexibility index (Phi) is 9.08. The van der Waals surface area contributed by atoms with Gasteiger partial charge in [0.1, 0.15) is 17.8 Å². The Morgan fingerprint density at radius 2 is 1.80 bits per heavy atom. The molecule has 4 N–H and O–H groups in total. The third kappa shape index (κ3) is 6.51. The molecule has 0 bridgehead atoms. The first kappa shape index (κ1) is 27.8. The fourth-order valence-electron chi connectivity index (χ4n) is 5.80. The monoisotopic (exact) mass is 538 g/mol. The maximum absolute atomic E-state index is 4.65. The second-order valence-electron chi connectivity index (χ2n) is 10.9. The number of anilines is 2. The molecule has 8 nitrogen and oxygen atoms in total. The van der Waals surface area contributed by atoms with E-state index in [0.717, 1.165) is 64.8 Å². The van der Waals surface area contributed by atoms with Gasteiger partial charge in [-0.2, -0.15) is 0 Å². The molecular formula is C32H42N8. The SMILES string of the molecule is C=C(Nc1ccc(-c2cc3c(N4CCCC(C)C4)ncnc3[nH]2)cc1)c1cc(CN2CCCCC2)ccn1.CN. The van der Waals surface area contributed by atoms with Gasteiger partial charge in [-0.1, -0.05) is 32.1 Å². The molecule has 1 aromatic carbocycles. The second kappa shape index (κ2) is 13.1. The summed E-state index contributed by atoms with van der Waals surface area (Å²) in [5, 5.41) is 4.53. The highest BCUT2D eigenvalue weighted by Crippen LogP contribution is 2.31. The highest BCUT2D eigenvalue weighted by molar-refractivity contribution is 5.92. The lowest BCUT2D eigenvalue weighted by Gasteiger charge is -2.32. The largest absolute Gasteiger partial charge is 0.356 e. The fourth-order valence-corrected chi connectivity index (χ4v) is 5.80. The zero-order valence-corrected chi connectivity index (χ0v) is 23.9. The Hall–Kier alpha value is -3.75. The van der Waals surface area contributed by atoms with Crippen molar-refractivity contribution in [1.29, 1.82) is 0 Å². The Labute approximate surface area is 237 Å². The second-order valence-corrected chi connectivity index (χ2v) is 10.9. The maximum atomic E-state index is 4.65. The number of likely N-dealkylation sites (tertiary alicyclic amines) is 1. The number of H-pyrrole nitrogens is 1. The summed E-state index contributed by atoms with van der Waals surface area (Å²) in [6.07, 6.45) is 10.0. The molecule has 0 spiro atoms. The molecule has 8 heteroatoms. The van der Waals surface area contributed by atoms with Crippen molar-refractivity contribution in [1.82, 2.24) is 24.8 Å². The van der Waals surface area contributed by atoms with Crippen molar-refractivity contribution < 1.29 is 0 Å². The molecule has 2 fully saturated rings. The lowest BCUT2D eigenvalue weighted by Crippen LogP contribution is -2.34. The van der Waals surface area contributed by atoms with Crippen molar-refractivity contribution in [3.05, 3.63) is 72.8 Å². The van der Waals surface area contributed by atoms with E-state index in [2.05, 4.69) is 96.8 Å². The fraction of sp³-hybridized carbons (Fsp3) is 0.406. The molecule has 4 aromatic rings. The van der Waals surface area contributed by atoms with Gasteiger partial charge in [0.25, 0.3) is 0 Å². The molecule has 1 unspecified atom stereocenters. The van der Waals surface area contributed by atoms with E-state index < -0.39 is 0 Å². The first-order valence-corrected chi connectivity index (χ1v) is 14.5. The van der Waals surface area contributed by atoms with Crippen LogP contribution in [0.3, 0.4) is 0 Å². The first-order chi connectivity index (χ1) is 19.6. The number of piperidine rings is 2. The van der Waals surface area contributed by atoms with Crippen molar-refractivity contribution in [2.24, 2.45) is 11.7 Å². The first-order valence-electron chi connectivity index (χ1n) is 14.5. The Morgan fingerprint density at radius 1 is 1.00 bits per heavy atom. The minimum Gasteiger partial charge on any atom is -0.356 e. The van der Waals surface area contributed by atoms with Gasteiger partial charge in [0.2, 0.25) is 0 Å². The molecule has 0 amide bonds. The van der Waals surface area contributed by atoms with Gasteiger partial charge < -0.3 is 20.9 Å². The van der Waals surface area contributed by atoms with Gasteiger partial charge in [0.15, 0.2) is 0 Å². The summed E-state index contributed by atoms with van der Waals surface area (Å²) in [7, 11) is 1.50. The molecule has 1 atom stereocenters. The van der Waals surface area contributed by atoms with Crippen LogP contribution in [0.2, 0.25) is 0 Å². The molecule has 2 aliphatic heterocycles. The Bertz CT molecular complexity index is 1400. The Balaban J connectivity index is 0.00000158. The topological polar surface area (TPSA) is 99.0 Å². The summed E-state index contributed by atoms with van der Waals surface area (Å²) in [4.78, 5) is 22.2. The number of pyridine rings is 1. The van der Waals surface area contributed by atoms with Crippen molar-refractivity contribution >= 4 is 28.2 Å². The van der Waals surface area contributed by atoms with E-state index in [1.165, 1.54) is 57.8 Å². The number of aromatic amines is 1. The summed E-state index contributed by atoms with van der Waals surface area (Å²) >= 11 is 0. The molecule has 3 aromatic heterocycles. The lowest BCUT2D eigenvalue weighted by molar-refractivity contribution is 0.221. The van der Waals surface area contributed by atoms with Crippen LogP contribution < -0.4 is 16.0 Å². The molecule has 40 heavy (non-hydrogen) atoms. The molecule has 2 saturated heterocycles. The number of rotatable bonds is 7. The van der Waals surface area contributed by atoms with Crippen LogP contribution in [0, 0.1) is 5.92 Å². The van der Waals surface area contributed by atoms with E-state index in [1.54, 1.807) is 6.33 Å². The van der Waals surface area contributed by atoms with Gasteiger partial charge >= 0.3 is 0 Å². The van der Waals surface area contributed by atoms with E-state index in [-0.39, 0.29) is 0 Å². The number of nitrogens with one attached hydrogen (secondary N) is 2. The molecule has 5 heterocycles. The predicted octanol–water partition coefficient (Wildman–Crippen LogP) is 5.90. The lowest BCUT2D eigenvalue weighted by atomic mass is 10.0. The summed E-state index contributed by atoms with van der Waals surface area (Å²) in [5.41, 5.74) is 11.5. The average molecular weight is 539 g/mol. The van der Waals surface area contributed by atoms with Crippen LogP contribution in [-0.2, 0) is 6.54 Å². The molecule has 2 aliphatic rings. The Morgan fingerprint density at radius 3 is 2.58 bits per heavy atom. The van der Waals surface area contributed by atoms with Crippen molar-refractivity contribution in [3.8, 4) is 11.3 Å². The minimum atomic E-state index is 0.689. The summed E-state index contributed by atoms with van der Waals surface area (Å²) < 4.78 is 0. The van der Waals surface area contributed by atoms with E-state index in [4.69, 9.17) is 0 Å². The van der Waals surface area contributed by atoms with Crippen molar-refractivity contribution in [3.63, 3.8) is 0 Å². The van der Waals surface area contributed by atoms with E-state index >= 15 is 0 Å². The number of hydrogen-bond donors (Lipinski definition) is 3. The van der Waals surface area contributed by atoms with Crippen LogP contribution in [0.4, 0.5) is 11.5 Å². The van der Waals surface area contributed by atoms with Crippen LogP contribution in [0.5, 0.6) is 0 Å². The average Bonchev–Trinajstić information content (AvgIpc) is 3.44. The van der Waals surface area contributed by atoms with Gasteiger partial charge in [-0.25, -0.2) is 9.97 Å². The molecule has 210 valence electrons. The van der Waals surface area contributed by atoms with Crippen LogP contribution >= 0.6 is 0 Å². The number of nitrogens with zero attached hydrogens (tertiary/aromatic N) is 5. The molecule has 0 aliphatic carbocycles. The van der Waals surface area contributed by atoms with Gasteiger partial charge in [-0.05, 0) is 93.2 Å². The third-order valence-corrected chi connectivity index (χ3v) is 7.84. The minimum absolute atomic E-state index is 0.689.